The summed E-state index contributed by atoms with van der Waals surface area (Å²) in [6, 6.07) is 12.6. The van der Waals surface area contributed by atoms with Crippen molar-refractivity contribution in [1.82, 2.24) is 14.5 Å². The number of halogens is 3. The molecule has 2 heterocycles. The number of rotatable bonds is 3. The van der Waals surface area contributed by atoms with Crippen LogP contribution >= 0.6 is 11.6 Å². The fraction of sp³-hybridized carbons (Fsp3) is 0.0526. The van der Waals surface area contributed by atoms with Gasteiger partial charge in [-0.1, -0.05) is 11.6 Å². The fourth-order valence-electron chi connectivity index (χ4n) is 2.88. The standard InChI is InChI=1S/C19H14ClF2N5/c1-10-24-16-8-14(21)15(22)9-17(16)27(10)19-7-12(23)6-18(26-19)25-13-4-2-11(20)3-5-13/h2-9H,1H3,(H3,23,25,26). The van der Waals surface area contributed by atoms with Gasteiger partial charge >= 0.3 is 0 Å². The molecule has 0 fully saturated rings. The number of pyridine rings is 1. The highest BCUT2D eigenvalue weighted by molar-refractivity contribution is 6.30. The summed E-state index contributed by atoms with van der Waals surface area (Å²) in [6.07, 6.45) is 0. The number of hydrogen-bond acceptors (Lipinski definition) is 4. The van der Waals surface area contributed by atoms with E-state index in [4.69, 9.17) is 17.3 Å². The third kappa shape index (κ3) is 3.29. The Morgan fingerprint density at radius 2 is 1.70 bits per heavy atom. The molecule has 0 atom stereocenters. The lowest BCUT2D eigenvalue weighted by Crippen LogP contribution is -2.04. The molecule has 0 amide bonds. The van der Waals surface area contributed by atoms with Gasteiger partial charge in [-0.3, -0.25) is 4.57 Å². The Kier molecular flexibility index (Phi) is 4.16. The van der Waals surface area contributed by atoms with Gasteiger partial charge in [-0.05, 0) is 31.2 Å². The second kappa shape index (κ2) is 6.51. The van der Waals surface area contributed by atoms with Crippen molar-refractivity contribution in [3.05, 3.63) is 71.0 Å². The van der Waals surface area contributed by atoms with E-state index < -0.39 is 11.6 Å². The molecule has 0 aliphatic carbocycles. The lowest BCUT2D eigenvalue weighted by molar-refractivity contribution is 0.510. The molecule has 2 aromatic carbocycles. The molecule has 0 spiro atoms. The molecule has 0 bridgehead atoms. The molecular weight excluding hydrogens is 372 g/mol. The molecule has 8 heteroatoms. The highest BCUT2D eigenvalue weighted by atomic mass is 35.5. The van der Waals surface area contributed by atoms with Crippen LogP contribution in [0, 0.1) is 18.6 Å². The molecule has 4 rings (SSSR count). The fourth-order valence-corrected chi connectivity index (χ4v) is 3.00. The van der Waals surface area contributed by atoms with Crippen LogP contribution in [0.2, 0.25) is 5.02 Å². The summed E-state index contributed by atoms with van der Waals surface area (Å²) in [6.45, 7) is 1.73. The topological polar surface area (TPSA) is 68.8 Å². The zero-order valence-corrected chi connectivity index (χ0v) is 14.9. The number of aryl methyl sites for hydroxylation is 1. The average molecular weight is 386 g/mol. The van der Waals surface area contributed by atoms with Gasteiger partial charge in [0.1, 0.15) is 17.5 Å². The van der Waals surface area contributed by atoms with Crippen LogP contribution in [0.3, 0.4) is 0 Å². The highest BCUT2D eigenvalue weighted by Gasteiger charge is 2.15. The largest absolute Gasteiger partial charge is 0.399 e. The molecule has 136 valence electrons. The first-order chi connectivity index (χ1) is 12.9. The molecule has 4 aromatic rings. The molecule has 0 unspecified atom stereocenters. The molecule has 0 saturated carbocycles. The molecule has 0 aliphatic rings. The zero-order valence-electron chi connectivity index (χ0n) is 14.2. The van der Waals surface area contributed by atoms with E-state index in [1.807, 2.05) is 12.1 Å². The molecule has 0 saturated heterocycles. The van der Waals surface area contributed by atoms with Crippen LogP contribution < -0.4 is 11.1 Å². The number of nitrogens with two attached hydrogens (primary N) is 1. The maximum Gasteiger partial charge on any atom is 0.161 e. The first kappa shape index (κ1) is 17.2. The minimum Gasteiger partial charge on any atom is -0.399 e. The van der Waals surface area contributed by atoms with E-state index in [0.29, 0.717) is 39.2 Å². The number of nitrogen functional groups attached to an aromatic ring is 1. The van der Waals surface area contributed by atoms with Gasteiger partial charge in [0.2, 0.25) is 0 Å². The Morgan fingerprint density at radius 3 is 2.44 bits per heavy atom. The van der Waals surface area contributed by atoms with Crippen LogP contribution in [0.1, 0.15) is 5.82 Å². The number of benzene rings is 2. The predicted molar refractivity (Wildman–Crippen MR) is 103 cm³/mol. The number of anilines is 3. The molecular formula is C19H14ClF2N5. The summed E-state index contributed by atoms with van der Waals surface area (Å²) < 4.78 is 28.9. The Hall–Kier alpha value is -3.19. The van der Waals surface area contributed by atoms with E-state index in [1.165, 1.54) is 0 Å². The smallest absolute Gasteiger partial charge is 0.161 e. The molecule has 5 nitrogen and oxygen atoms in total. The quantitative estimate of drug-likeness (QED) is 0.521. The summed E-state index contributed by atoms with van der Waals surface area (Å²) in [5.74, 6) is -0.427. The van der Waals surface area contributed by atoms with Crippen molar-refractivity contribution >= 4 is 39.8 Å². The Bertz CT molecular complexity index is 1160. The van der Waals surface area contributed by atoms with E-state index in [2.05, 4.69) is 15.3 Å². The minimum absolute atomic E-state index is 0.336. The van der Waals surface area contributed by atoms with Crippen molar-refractivity contribution in [2.75, 3.05) is 11.1 Å². The molecule has 3 N–H and O–H groups in total. The summed E-state index contributed by atoms with van der Waals surface area (Å²) in [5, 5.41) is 3.77. The van der Waals surface area contributed by atoms with Gasteiger partial charge in [0.15, 0.2) is 11.6 Å². The van der Waals surface area contributed by atoms with Crippen LogP contribution in [-0.2, 0) is 0 Å². The highest BCUT2D eigenvalue weighted by Crippen LogP contribution is 2.26. The van der Waals surface area contributed by atoms with Crippen LogP contribution in [0.5, 0.6) is 0 Å². The van der Waals surface area contributed by atoms with Gasteiger partial charge in [0.25, 0.3) is 0 Å². The lowest BCUT2D eigenvalue weighted by atomic mass is 10.3. The number of nitrogens with one attached hydrogen (secondary N) is 1. The summed E-state index contributed by atoms with van der Waals surface area (Å²) in [5.41, 5.74) is 8.00. The zero-order chi connectivity index (χ0) is 19.1. The first-order valence-electron chi connectivity index (χ1n) is 8.05. The SMILES string of the molecule is Cc1nc2cc(F)c(F)cc2n1-c1cc(N)cc(Nc2ccc(Cl)cc2)n1. The molecule has 0 aliphatic heterocycles. The molecule has 27 heavy (non-hydrogen) atoms. The van der Waals surface area contributed by atoms with Gasteiger partial charge in [0, 0.05) is 40.7 Å². The number of aromatic nitrogens is 3. The van der Waals surface area contributed by atoms with E-state index >= 15 is 0 Å². The van der Waals surface area contributed by atoms with Crippen LogP contribution in [0.15, 0.2) is 48.5 Å². The maximum absolute atomic E-state index is 13.7. The van der Waals surface area contributed by atoms with Gasteiger partial charge in [-0.2, -0.15) is 0 Å². The summed E-state index contributed by atoms with van der Waals surface area (Å²) in [4.78, 5) is 8.82. The number of imidazole rings is 1. The second-order valence-corrected chi connectivity index (χ2v) is 6.46. The van der Waals surface area contributed by atoms with Gasteiger partial charge in [-0.15, -0.1) is 0 Å². The van der Waals surface area contributed by atoms with E-state index in [-0.39, 0.29) is 0 Å². The number of fused-ring (bicyclic) bond motifs is 1. The monoisotopic (exact) mass is 385 g/mol. The third-order valence-electron chi connectivity index (χ3n) is 4.04. The maximum atomic E-state index is 13.7. The third-order valence-corrected chi connectivity index (χ3v) is 4.30. The Balaban J connectivity index is 1.81. The van der Waals surface area contributed by atoms with Crippen molar-refractivity contribution < 1.29 is 8.78 Å². The van der Waals surface area contributed by atoms with E-state index in [0.717, 1.165) is 17.8 Å². The Labute approximate surface area is 158 Å². The normalized spacial score (nSPS) is 11.1. The second-order valence-electron chi connectivity index (χ2n) is 6.03. The van der Waals surface area contributed by atoms with Crippen molar-refractivity contribution in [2.45, 2.75) is 6.92 Å². The van der Waals surface area contributed by atoms with Crippen molar-refractivity contribution in [3.8, 4) is 5.82 Å². The number of nitrogens with zero attached hydrogens (tertiary/aromatic N) is 3. The van der Waals surface area contributed by atoms with E-state index in [1.54, 1.807) is 35.8 Å². The van der Waals surface area contributed by atoms with Crippen LogP contribution in [0.4, 0.5) is 26.0 Å². The van der Waals surface area contributed by atoms with Gasteiger partial charge < -0.3 is 11.1 Å². The predicted octanol–water partition coefficient (Wildman–Crippen LogP) is 4.99. The van der Waals surface area contributed by atoms with Crippen LogP contribution in [-0.4, -0.2) is 14.5 Å². The molecule has 2 aromatic heterocycles. The molecule has 0 radical (unpaired) electrons. The number of hydrogen-bond donors (Lipinski definition) is 2. The van der Waals surface area contributed by atoms with Crippen LogP contribution in [0.25, 0.3) is 16.9 Å². The lowest BCUT2D eigenvalue weighted by Gasteiger charge is -2.11. The summed E-state index contributed by atoms with van der Waals surface area (Å²) in [7, 11) is 0. The van der Waals surface area contributed by atoms with Gasteiger partial charge in [-0.25, -0.2) is 18.7 Å². The van der Waals surface area contributed by atoms with Crippen molar-refractivity contribution in [3.63, 3.8) is 0 Å². The Morgan fingerprint density at radius 1 is 1.00 bits per heavy atom. The minimum atomic E-state index is -0.952. The average Bonchev–Trinajstić information content (AvgIpc) is 2.92. The van der Waals surface area contributed by atoms with Gasteiger partial charge in [0.05, 0.1) is 11.0 Å². The van der Waals surface area contributed by atoms with E-state index in [9.17, 15) is 8.78 Å². The first-order valence-corrected chi connectivity index (χ1v) is 8.43. The van der Waals surface area contributed by atoms with Crippen molar-refractivity contribution in [1.29, 1.82) is 0 Å². The van der Waals surface area contributed by atoms with Crippen molar-refractivity contribution in [2.24, 2.45) is 0 Å². The summed E-state index contributed by atoms with van der Waals surface area (Å²) >= 11 is 5.90.